The van der Waals surface area contributed by atoms with Crippen LogP contribution >= 0.6 is 11.3 Å². The third-order valence-corrected chi connectivity index (χ3v) is 18.4. The molecule has 5 heterocycles. The summed E-state index contributed by atoms with van der Waals surface area (Å²) in [6, 6.07) is 25.4. The Hall–Kier alpha value is -8.01. The Morgan fingerprint density at radius 2 is 1.66 bits per heavy atom. The summed E-state index contributed by atoms with van der Waals surface area (Å²) in [7, 11) is 1.72. The van der Waals surface area contributed by atoms with Crippen LogP contribution in [0.1, 0.15) is 112 Å². The molecule has 4 aliphatic carbocycles. The van der Waals surface area contributed by atoms with Crippen molar-refractivity contribution < 1.29 is 52.8 Å². The molecule has 4 bridgehead atoms. The number of carbonyl (C=O) groups excluding carboxylic acids is 5. The van der Waals surface area contributed by atoms with Crippen molar-refractivity contribution in [3.8, 4) is 28.1 Å². The second kappa shape index (κ2) is 25.1. The van der Waals surface area contributed by atoms with E-state index in [9.17, 15) is 33.9 Å². The minimum Gasteiger partial charge on any atom is -0.491 e. The standard InChI is InChI=1S/C65H74N9O11S/c1-43-49(48-21-22-50(68-57(48)58(78)79)46-18-17-45-11-10-27-72(52(45)33-46)60(80)70-59-69-51-12-7-8-13-53(51)86-59)34-67-74(43)42-64-37-62(2)36-63(3,38-64)40-65(39-62,41-64)85-30-28-71(4)61(81)84-35-44-15-19-47(20-16-44)83-32-31-82-29-25-66-54(75)14-6-5-9-26-73-55(76)23-24-56(73)77/h7-8,12-13,15,17-24,33-34H,5-6,9-11,14,25-32,35-42H2,1-4H3,(H,66,75)(H,78,79)(H,69,70,80). The molecule has 451 valence electrons. The third kappa shape index (κ3) is 13.5. The molecular weight excluding hydrogens is 1110 g/mol. The lowest BCUT2D eigenvalue weighted by molar-refractivity contribution is -0.248. The van der Waals surface area contributed by atoms with Gasteiger partial charge in [-0.05, 0) is 147 Å². The summed E-state index contributed by atoms with van der Waals surface area (Å²) >= 11 is 1.43. The van der Waals surface area contributed by atoms with E-state index in [1.165, 1.54) is 28.4 Å². The lowest BCUT2D eigenvalue weighted by atomic mass is 9.39. The Bertz CT molecular complexity index is 3510. The monoisotopic (exact) mass is 1190 g/mol. The van der Waals surface area contributed by atoms with Gasteiger partial charge in [-0.3, -0.25) is 34.2 Å². The van der Waals surface area contributed by atoms with Gasteiger partial charge in [0.05, 0.1) is 47.5 Å². The molecule has 86 heavy (non-hydrogen) atoms. The number of para-hydroxylation sites is 1. The van der Waals surface area contributed by atoms with Crippen LogP contribution in [0, 0.1) is 29.2 Å². The number of benzene rings is 3. The van der Waals surface area contributed by atoms with Crippen molar-refractivity contribution in [1.82, 2.24) is 34.9 Å². The van der Waals surface area contributed by atoms with Gasteiger partial charge < -0.3 is 34.3 Å². The molecule has 0 saturated heterocycles. The molecule has 2 aliphatic heterocycles. The second-order valence-corrected chi connectivity index (χ2v) is 25.8. The van der Waals surface area contributed by atoms with Gasteiger partial charge in [0.2, 0.25) is 5.91 Å². The zero-order chi connectivity index (χ0) is 60.2. The first-order valence-corrected chi connectivity index (χ1v) is 30.6. The van der Waals surface area contributed by atoms with E-state index in [1.54, 1.807) is 41.2 Å². The van der Waals surface area contributed by atoms with Crippen molar-refractivity contribution in [3.05, 3.63) is 120 Å². The Balaban J connectivity index is 0.638. The van der Waals surface area contributed by atoms with Crippen LogP contribution in [0.2, 0.25) is 0 Å². The Kier molecular flexibility index (Phi) is 17.5. The van der Waals surface area contributed by atoms with E-state index in [1.807, 2.05) is 66.2 Å². The van der Waals surface area contributed by atoms with Crippen LogP contribution in [0.5, 0.6) is 5.75 Å². The molecule has 4 fully saturated rings. The number of likely N-dealkylation sites (N-methyl/N-ethyl adjacent to an activating group) is 1. The molecule has 6 aliphatic rings. The van der Waals surface area contributed by atoms with Crippen LogP contribution in [0.4, 0.5) is 20.4 Å². The first-order valence-electron chi connectivity index (χ1n) is 29.7. The normalized spacial score (nSPS) is 21.9. The van der Waals surface area contributed by atoms with Gasteiger partial charge in [-0.25, -0.2) is 24.4 Å². The fourth-order valence-electron chi connectivity index (χ4n) is 14.8. The van der Waals surface area contributed by atoms with Crippen LogP contribution in [0.15, 0.2) is 91.1 Å². The average molecular weight is 1190 g/mol. The van der Waals surface area contributed by atoms with Crippen molar-refractivity contribution in [2.45, 2.75) is 117 Å². The fourth-order valence-corrected chi connectivity index (χ4v) is 15.6. The number of fused-ring (bicyclic) bond motifs is 2. The number of pyridine rings is 1. The predicted octanol–water partition coefficient (Wildman–Crippen LogP) is 10.4. The minimum atomic E-state index is -1.15. The SMILES string of the molecule is Cc1c(-c2ccc(-c3ccc4c(c3)N(C(=O)Nc3nc5ccccc5s3)CCC4)nc2C(=O)O)cnn1CC12CC3(C)CC(C)(C1)CC(OCCN(C)C(=O)OCc1[c]cc(OCCOCCNC(=O)CCCCCN4C(=O)C=CC4=O)cc1)(C3)C2. The van der Waals surface area contributed by atoms with Crippen molar-refractivity contribution >= 4 is 68.2 Å². The lowest BCUT2D eigenvalue weighted by Gasteiger charge is -2.69. The van der Waals surface area contributed by atoms with E-state index in [4.69, 9.17) is 29.0 Å². The molecule has 12 rings (SSSR count). The molecule has 3 aromatic heterocycles. The number of carboxylic acids is 1. The average Bonchev–Trinajstić information content (AvgIpc) is 1.02. The highest BCUT2D eigenvalue weighted by Crippen LogP contribution is 2.72. The molecule has 1 radical (unpaired) electrons. The number of nitrogens with zero attached hydrogens (tertiary/aromatic N) is 7. The van der Waals surface area contributed by atoms with Crippen LogP contribution in [-0.4, -0.2) is 136 Å². The van der Waals surface area contributed by atoms with E-state index in [0.717, 1.165) is 84.9 Å². The summed E-state index contributed by atoms with van der Waals surface area (Å²) in [6.45, 7) is 10.4. The first kappa shape index (κ1) is 59.7. The van der Waals surface area contributed by atoms with E-state index >= 15 is 0 Å². The topological polar surface area (TPSA) is 237 Å². The van der Waals surface area contributed by atoms with Gasteiger partial charge in [-0.1, -0.05) is 61.9 Å². The largest absolute Gasteiger partial charge is 0.491 e. The van der Waals surface area contributed by atoms with Crippen LogP contribution in [0.3, 0.4) is 0 Å². The minimum absolute atomic E-state index is 0.0408. The number of carboxylic acid groups (broad SMARTS) is 1. The molecule has 3 aromatic carbocycles. The van der Waals surface area contributed by atoms with E-state index < -0.39 is 12.1 Å². The highest BCUT2D eigenvalue weighted by Gasteiger charge is 2.66. The van der Waals surface area contributed by atoms with Crippen molar-refractivity contribution in [3.63, 3.8) is 0 Å². The number of anilines is 2. The molecule has 2 atom stereocenters. The number of unbranched alkanes of at least 4 members (excludes halogenated alkanes) is 2. The number of hydrogen-bond donors (Lipinski definition) is 3. The van der Waals surface area contributed by atoms with Gasteiger partial charge in [-0.15, -0.1) is 0 Å². The number of thiazole rings is 1. The van der Waals surface area contributed by atoms with Gasteiger partial charge in [0.15, 0.2) is 10.8 Å². The van der Waals surface area contributed by atoms with Gasteiger partial charge in [0, 0.05) is 86.4 Å². The highest BCUT2D eigenvalue weighted by molar-refractivity contribution is 7.22. The number of amides is 6. The number of nitrogens with one attached hydrogen (secondary N) is 2. The number of hydrogen-bond acceptors (Lipinski definition) is 14. The number of urea groups is 1. The van der Waals surface area contributed by atoms with Crippen molar-refractivity contribution in [2.24, 2.45) is 16.2 Å². The maximum atomic E-state index is 13.7. The maximum absolute atomic E-state index is 13.7. The molecule has 0 spiro atoms. The number of aromatic nitrogens is 4. The maximum Gasteiger partial charge on any atom is 0.409 e. The van der Waals surface area contributed by atoms with Crippen LogP contribution in [-0.2, 0) is 48.2 Å². The molecule has 2 unspecified atom stereocenters. The van der Waals surface area contributed by atoms with Gasteiger partial charge >= 0.3 is 18.1 Å². The van der Waals surface area contributed by atoms with E-state index in [2.05, 4.69) is 35.5 Å². The molecule has 4 saturated carbocycles. The molecule has 6 amide bonds. The van der Waals surface area contributed by atoms with E-state index in [-0.39, 0.29) is 57.9 Å². The summed E-state index contributed by atoms with van der Waals surface area (Å²) in [5.74, 6) is -1.21. The Morgan fingerprint density at radius 3 is 2.43 bits per heavy atom. The Labute approximate surface area is 504 Å². The third-order valence-electron chi connectivity index (χ3n) is 17.5. The molecule has 3 N–H and O–H groups in total. The van der Waals surface area contributed by atoms with Crippen LogP contribution in [0.25, 0.3) is 32.6 Å². The number of aromatic carboxylic acids is 1. The number of carbonyl (C=O) groups is 6. The summed E-state index contributed by atoms with van der Waals surface area (Å²) in [5, 5.41) is 22.0. The smallest absolute Gasteiger partial charge is 0.409 e. The highest BCUT2D eigenvalue weighted by atomic mass is 32.1. The number of aryl methyl sites for hydroxylation is 1. The molecular formula is C65H74N9O11S. The van der Waals surface area contributed by atoms with E-state index in [0.29, 0.717) is 117 Å². The lowest BCUT2D eigenvalue weighted by Crippen LogP contribution is -2.64. The van der Waals surface area contributed by atoms with Gasteiger partial charge in [0.1, 0.15) is 19.0 Å². The summed E-state index contributed by atoms with van der Waals surface area (Å²) < 4.78 is 27.1. The van der Waals surface area contributed by atoms with Gasteiger partial charge in [0.25, 0.3) is 11.8 Å². The number of ether oxygens (including phenoxy) is 4. The second-order valence-electron chi connectivity index (χ2n) is 24.7. The summed E-state index contributed by atoms with van der Waals surface area (Å²) in [6.07, 6.45) is 13.8. The number of imide groups is 1. The quantitative estimate of drug-likeness (QED) is 0.0357. The van der Waals surface area contributed by atoms with Crippen molar-refractivity contribution in [1.29, 1.82) is 0 Å². The fraction of sp³-hybridized carbons (Fsp3) is 0.462. The Morgan fingerprint density at radius 1 is 0.860 bits per heavy atom. The van der Waals surface area contributed by atoms with Crippen LogP contribution < -0.4 is 20.3 Å². The molecule has 21 heteroatoms. The van der Waals surface area contributed by atoms with Gasteiger partial charge in [-0.2, -0.15) is 5.10 Å². The number of rotatable bonds is 25. The zero-order valence-corrected chi connectivity index (χ0v) is 50.1. The summed E-state index contributed by atoms with van der Waals surface area (Å²) in [5.41, 5.74) is 6.10. The predicted molar refractivity (Wildman–Crippen MR) is 324 cm³/mol. The summed E-state index contributed by atoms with van der Waals surface area (Å²) in [4.78, 5) is 89.3. The zero-order valence-electron chi connectivity index (χ0n) is 49.3. The first-order chi connectivity index (χ1) is 41.4. The molecule has 6 aromatic rings. The molecule has 20 nitrogen and oxygen atoms in total. The van der Waals surface area contributed by atoms with Crippen molar-refractivity contribution in [2.75, 3.05) is 69.9 Å².